The molecule has 2 saturated heterocycles. The number of amides is 2. The molecule has 0 radical (unpaired) electrons. The molecule has 150 valence electrons. The van der Waals surface area contributed by atoms with Crippen molar-refractivity contribution < 1.29 is 27.9 Å². The molecule has 0 aromatic carbocycles. The summed E-state index contributed by atoms with van der Waals surface area (Å²) in [5.74, 6) is -4.01. The third-order valence-corrected chi connectivity index (χ3v) is 5.19. The summed E-state index contributed by atoms with van der Waals surface area (Å²) in [4.78, 5) is 26.6. The first-order chi connectivity index (χ1) is 12.0. The molecule has 2 aliphatic heterocycles. The Morgan fingerprint density at radius 2 is 1.73 bits per heavy atom. The lowest BCUT2D eigenvalue weighted by atomic mass is 9.92. The number of nitrogens with one attached hydrogen (secondary N) is 1. The molecule has 0 spiro atoms. The SMILES string of the molecule is CC1CC(C)CN(CC(C)NC(=O)N2C[C@@H](C(F)(F)F)[C@H](C(=O)O)C2)C1. The van der Waals surface area contributed by atoms with Gasteiger partial charge in [0.05, 0.1) is 11.8 Å². The molecule has 2 amide bonds. The van der Waals surface area contributed by atoms with Crippen LogP contribution in [0, 0.1) is 23.7 Å². The molecule has 26 heavy (non-hydrogen) atoms. The standard InChI is InChI=1S/C17H28F3N3O3/c1-10-4-11(2)6-22(5-10)7-12(3)21-16(26)23-8-13(15(24)25)14(9-23)17(18,19)20/h10-14H,4-9H2,1-3H3,(H,21,26)(H,24,25)/t10?,11?,12?,13-,14-/m1/s1. The summed E-state index contributed by atoms with van der Waals surface area (Å²) in [7, 11) is 0. The van der Waals surface area contributed by atoms with E-state index in [1.165, 1.54) is 6.42 Å². The molecule has 2 aliphatic rings. The van der Waals surface area contributed by atoms with Crippen LogP contribution < -0.4 is 5.32 Å². The van der Waals surface area contributed by atoms with Crippen molar-refractivity contribution in [3.05, 3.63) is 0 Å². The molecule has 2 rings (SSSR count). The highest BCUT2D eigenvalue weighted by atomic mass is 19.4. The Kier molecular flexibility index (Phi) is 6.42. The van der Waals surface area contributed by atoms with Gasteiger partial charge in [-0.05, 0) is 25.2 Å². The summed E-state index contributed by atoms with van der Waals surface area (Å²) in [6.07, 6.45) is -3.47. The van der Waals surface area contributed by atoms with Gasteiger partial charge in [0, 0.05) is 38.8 Å². The summed E-state index contributed by atoms with van der Waals surface area (Å²) in [6.45, 7) is 7.63. The zero-order valence-electron chi connectivity index (χ0n) is 15.4. The number of hydrogen-bond donors (Lipinski definition) is 2. The molecule has 6 nitrogen and oxygen atoms in total. The van der Waals surface area contributed by atoms with Gasteiger partial charge in [-0.3, -0.25) is 4.79 Å². The molecule has 0 bridgehead atoms. The van der Waals surface area contributed by atoms with E-state index < -0.39 is 43.1 Å². The minimum Gasteiger partial charge on any atom is -0.481 e. The number of carbonyl (C=O) groups is 2. The van der Waals surface area contributed by atoms with Gasteiger partial charge in [0.2, 0.25) is 0 Å². The molecule has 3 unspecified atom stereocenters. The number of likely N-dealkylation sites (tertiary alicyclic amines) is 2. The van der Waals surface area contributed by atoms with Gasteiger partial charge in [-0.1, -0.05) is 13.8 Å². The topological polar surface area (TPSA) is 72.9 Å². The van der Waals surface area contributed by atoms with Crippen LogP contribution in [-0.4, -0.2) is 71.8 Å². The maximum Gasteiger partial charge on any atom is 0.394 e. The minimum absolute atomic E-state index is 0.229. The van der Waals surface area contributed by atoms with Crippen molar-refractivity contribution in [1.82, 2.24) is 15.1 Å². The van der Waals surface area contributed by atoms with Crippen LogP contribution in [-0.2, 0) is 4.79 Å². The van der Waals surface area contributed by atoms with Gasteiger partial charge < -0.3 is 20.2 Å². The number of aliphatic carboxylic acids is 1. The second-order valence-electron chi connectivity index (χ2n) is 8.01. The molecule has 2 N–H and O–H groups in total. The van der Waals surface area contributed by atoms with Crippen molar-refractivity contribution in [3.8, 4) is 0 Å². The molecule has 9 heteroatoms. The molecular weight excluding hydrogens is 351 g/mol. The van der Waals surface area contributed by atoms with E-state index in [0.29, 0.717) is 18.4 Å². The summed E-state index contributed by atoms with van der Waals surface area (Å²) >= 11 is 0. The predicted octanol–water partition coefficient (Wildman–Crippen LogP) is 2.26. The Bertz CT molecular complexity index is 519. The van der Waals surface area contributed by atoms with Gasteiger partial charge >= 0.3 is 18.2 Å². The van der Waals surface area contributed by atoms with E-state index in [9.17, 15) is 22.8 Å². The van der Waals surface area contributed by atoms with Crippen molar-refractivity contribution in [1.29, 1.82) is 0 Å². The van der Waals surface area contributed by atoms with Crippen LogP contribution in [0.3, 0.4) is 0 Å². The van der Waals surface area contributed by atoms with Gasteiger partial charge in [0.1, 0.15) is 0 Å². The zero-order chi connectivity index (χ0) is 19.6. The Hall–Kier alpha value is -1.51. The van der Waals surface area contributed by atoms with Crippen LogP contribution in [0.5, 0.6) is 0 Å². The second-order valence-corrected chi connectivity index (χ2v) is 8.01. The average Bonchev–Trinajstić information content (AvgIpc) is 2.91. The maximum atomic E-state index is 13.0. The first kappa shape index (κ1) is 20.8. The van der Waals surface area contributed by atoms with Crippen molar-refractivity contribution in [2.24, 2.45) is 23.7 Å². The smallest absolute Gasteiger partial charge is 0.394 e. The number of carboxylic acids is 1. The lowest BCUT2D eigenvalue weighted by molar-refractivity contribution is -0.187. The lowest BCUT2D eigenvalue weighted by Crippen LogP contribution is -2.50. The first-order valence-electron chi connectivity index (χ1n) is 9.04. The van der Waals surface area contributed by atoms with Crippen LogP contribution in [0.1, 0.15) is 27.2 Å². The van der Waals surface area contributed by atoms with Gasteiger partial charge in [-0.15, -0.1) is 0 Å². The van der Waals surface area contributed by atoms with Crippen LogP contribution in [0.2, 0.25) is 0 Å². The first-order valence-corrected chi connectivity index (χ1v) is 9.04. The fourth-order valence-electron chi connectivity index (χ4n) is 4.23. The largest absolute Gasteiger partial charge is 0.481 e. The highest BCUT2D eigenvalue weighted by molar-refractivity contribution is 5.78. The van der Waals surface area contributed by atoms with Gasteiger partial charge in [-0.2, -0.15) is 13.2 Å². The number of hydrogen-bond acceptors (Lipinski definition) is 3. The average molecular weight is 379 g/mol. The van der Waals surface area contributed by atoms with Crippen LogP contribution in [0.25, 0.3) is 0 Å². The van der Waals surface area contributed by atoms with Crippen molar-refractivity contribution in [2.45, 2.75) is 39.4 Å². The Morgan fingerprint density at radius 1 is 1.15 bits per heavy atom. The van der Waals surface area contributed by atoms with Crippen LogP contribution in [0.15, 0.2) is 0 Å². The predicted molar refractivity (Wildman–Crippen MR) is 89.6 cm³/mol. The van der Waals surface area contributed by atoms with E-state index in [1.807, 2.05) is 6.92 Å². The number of rotatable bonds is 4. The summed E-state index contributed by atoms with van der Waals surface area (Å²) < 4.78 is 39.1. The Balaban J connectivity index is 1.90. The normalized spacial score (nSPS) is 31.7. The number of urea groups is 1. The third kappa shape index (κ3) is 5.25. The summed E-state index contributed by atoms with van der Waals surface area (Å²) in [6, 6.07) is -0.859. The van der Waals surface area contributed by atoms with Crippen molar-refractivity contribution >= 4 is 12.0 Å². The van der Waals surface area contributed by atoms with Crippen molar-refractivity contribution in [2.75, 3.05) is 32.7 Å². The number of carbonyl (C=O) groups excluding carboxylic acids is 1. The molecule has 0 aromatic rings. The summed E-state index contributed by atoms with van der Waals surface area (Å²) in [5, 5.41) is 11.7. The Labute approximate surface area is 151 Å². The van der Waals surface area contributed by atoms with Crippen LogP contribution in [0.4, 0.5) is 18.0 Å². The quantitative estimate of drug-likeness (QED) is 0.786. The van der Waals surface area contributed by atoms with E-state index >= 15 is 0 Å². The number of carboxylic acid groups (broad SMARTS) is 1. The maximum absolute atomic E-state index is 13.0. The molecule has 0 saturated carbocycles. The number of halogens is 3. The van der Waals surface area contributed by atoms with Crippen molar-refractivity contribution in [3.63, 3.8) is 0 Å². The molecule has 0 aromatic heterocycles. The lowest BCUT2D eigenvalue weighted by Gasteiger charge is -2.36. The highest BCUT2D eigenvalue weighted by Crippen LogP contribution is 2.37. The molecule has 2 fully saturated rings. The van der Waals surface area contributed by atoms with E-state index in [1.54, 1.807) is 0 Å². The van der Waals surface area contributed by atoms with E-state index in [-0.39, 0.29) is 6.04 Å². The zero-order valence-corrected chi connectivity index (χ0v) is 15.4. The fourth-order valence-corrected chi connectivity index (χ4v) is 4.23. The van der Waals surface area contributed by atoms with Gasteiger partial charge in [-0.25, -0.2) is 4.79 Å². The highest BCUT2D eigenvalue weighted by Gasteiger charge is 2.53. The second kappa shape index (κ2) is 8.02. The number of alkyl halides is 3. The monoisotopic (exact) mass is 379 g/mol. The Morgan fingerprint density at radius 3 is 2.19 bits per heavy atom. The van der Waals surface area contributed by atoms with Gasteiger partial charge in [0.25, 0.3) is 0 Å². The molecule has 0 aliphatic carbocycles. The van der Waals surface area contributed by atoms with E-state index in [2.05, 4.69) is 24.1 Å². The molecule has 2 heterocycles. The number of piperidine rings is 1. The van der Waals surface area contributed by atoms with E-state index in [4.69, 9.17) is 5.11 Å². The molecular formula is C17H28F3N3O3. The van der Waals surface area contributed by atoms with E-state index in [0.717, 1.165) is 18.0 Å². The number of nitrogens with zero attached hydrogens (tertiary/aromatic N) is 2. The molecule has 5 atom stereocenters. The summed E-state index contributed by atoms with van der Waals surface area (Å²) in [5.41, 5.74) is 0. The van der Waals surface area contributed by atoms with Crippen LogP contribution >= 0.6 is 0 Å². The minimum atomic E-state index is -4.64. The third-order valence-electron chi connectivity index (χ3n) is 5.19. The van der Waals surface area contributed by atoms with Gasteiger partial charge in [0.15, 0.2) is 0 Å². The fraction of sp³-hybridized carbons (Fsp3) is 0.882.